The van der Waals surface area contributed by atoms with E-state index in [2.05, 4.69) is 4.90 Å². The molecule has 1 aliphatic heterocycles. The van der Waals surface area contributed by atoms with Crippen LogP contribution in [0.5, 0.6) is 0 Å². The van der Waals surface area contributed by atoms with Gasteiger partial charge in [0.05, 0.1) is 12.2 Å². The summed E-state index contributed by atoms with van der Waals surface area (Å²) < 4.78 is 5.22. The zero-order valence-electron chi connectivity index (χ0n) is 10.5. The van der Waals surface area contributed by atoms with Gasteiger partial charge in [0, 0.05) is 6.54 Å². The van der Waals surface area contributed by atoms with Gasteiger partial charge in [-0.1, -0.05) is 18.2 Å². The van der Waals surface area contributed by atoms with Crippen molar-refractivity contribution < 1.29 is 9.53 Å². The number of halogens is 1. The first kappa shape index (κ1) is 15.0. The Morgan fingerprint density at radius 1 is 1.17 bits per heavy atom. The number of benzene rings is 1. The van der Waals surface area contributed by atoms with Crippen molar-refractivity contribution in [1.29, 1.82) is 0 Å². The van der Waals surface area contributed by atoms with E-state index < -0.39 is 0 Å². The largest absolute Gasteiger partial charge is 0.462 e. The third-order valence-corrected chi connectivity index (χ3v) is 3.06. The number of carbonyl (C=O) groups excluding carboxylic acids is 1. The molecule has 0 aliphatic carbocycles. The van der Waals surface area contributed by atoms with E-state index in [1.165, 1.54) is 25.9 Å². The molecule has 0 atom stereocenters. The van der Waals surface area contributed by atoms with Gasteiger partial charge in [-0.3, -0.25) is 0 Å². The van der Waals surface area contributed by atoms with Crippen molar-refractivity contribution in [2.75, 3.05) is 26.2 Å². The van der Waals surface area contributed by atoms with Crippen LogP contribution in [-0.4, -0.2) is 37.1 Å². The minimum Gasteiger partial charge on any atom is -0.462 e. The minimum absolute atomic E-state index is 0. The van der Waals surface area contributed by atoms with Crippen LogP contribution in [0, 0.1) is 0 Å². The van der Waals surface area contributed by atoms with Crippen molar-refractivity contribution in [3.05, 3.63) is 35.9 Å². The SMILES string of the molecule is Cl.O=C(OCCCN1CCCC1)c1ccccc1. The van der Waals surface area contributed by atoms with E-state index in [0.717, 1.165) is 13.0 Å². The zero-order chi connectivity index (χ0) is 11.9. The van der Waals surface area contributed by atoms with Gasteiger partial charge in [0.25, 0.3) is 0 Å². The average Bonchev–Trinajstić information content (AvgIpc) is 2.88. The number of carbonyl (C=O) groups is 1. The molecule has 1 heterocycles. The molecule has 1 aromatic carbocycles. The Morgan fingerprint density at radius 3 is 2.50 bits per heavy atom. The van der Waals surface area contributed by atoms with E-state index in [1.807, 2.05) is 18.2 Å². The molecule has 4 heteroatoms. The first-order valence-electron chi connectivity index (χ1n) is 6.31. The molecule has 0 unspecified atom stereocenters. The molecule has 0 N–H and O–H groups in total. The smallest absolute Gasteiger partial charge is 0.338 e. The highest BCUT2D eigenvalue weighted by atomic mass is 35.5. The number of ether oxygens (including phenoxy) is 1. The predicted octanol–water partition coefficient (Wildman–Crippen LogP) is 2.75. The fourth-order valence-electron chi connectivity index (χ4n) is 2.12. The molecule has 1 aromatic rings. The third-order valence-electron chi connectivity index (χ3n) is 3.06. The lowest BCUT2D eigenvalue weighted by atomic mass is 10.2. The highest BCUT2D eigenvalue weighted by molar-refractivity contribution is 5.89. The Hall–Kier alpha value is -1.06. The number of nitrogens with zero attached hydrogens (tertiary/aromatic N) is 1. The van der Waals surface area contributed by atoms with Gasteiger partial charge in [-0.2, -0.15) is 0 Å². The maximum absolute atomic E-state index is 11.6. The van der Waals surface area contributed by atoms with Crippen LogP contribution in [0.15, 0.2) is 30.3 Å². The standard InChI is InChI=1S/C14H19NO2.ClH/c16-14(13-7-2-1-3-8-13)17-12-6-11-15-9-4-5-10-15;/h1-3,7-8H,4-6,9-12H2;1H. The van der Waals surface area contributed by atoms with E-state index in [4.69, 9.17) is 4.74 Å². The van der Waals surface area contributed by atoms with Gasteiger partial charge in [0.2, 0.25) is 0 Å². The van der Waals surface area contributed by atoms with Gasteiger partial charge in [0.1, 0.15) is 0 Å². The Bertz CT molecular complexity index is 350. The van der Waals surface area contributed by atoms with Gasteiger partial charge in [0.15, 0.2) is 0 Å². The molecule has 0 spiro atoms. The van der Waals surface area contributed by atoms with Gasteiger partial charge in [-0.15, -0.1) is 12.4 Å². The summed E-state index contributed by atoms with van der Waals surface area (Å²) in [5.74, 6) is -0.216. The van der Waals surface area contributed by atoms with Crippen LogP contribution < -0.4 is 0 Å². The number of hydrogen-bond acceptors (Lipinski definition) is 3. The molecule has 0 amide bonds. The highest BCUT2D eigenvalue weighted by Crippen LogP contribution is 2.07. The summed E-state index contributed by atoms with van der Waals surface area (Å²) in [6.45, 7) is 3.96. The molecule has 18 heavy (non-hydrogen) atoms. The first-order chi connectivity index (χ1) is 8.36. The molecule has 2 rings (SSSR count). The van der Waals surface area contributed by atoms with Crippen molar-refractivity contribution in [1.82, 2.24) is 4.90 Å². The van der Waals surface area contributed by atoms with E-state index in [-0.39, 0.29) is 18.4 Å². The van der Waals surface area contributed by atoms with Crippen LogP contribution in [-0.2, 0) is 4.74 Å². The van der Waals surface area contributed by atoms with E-state index in [1.54, 1.807) is 12.1 Å². The molecule has 1 aliphatic rings. The van der Waals surface area contributed by atoms with Crippen molar-refractivity contribution in [2.45, 2.75) is 19.3 Å². The van der Waals surface area contributed by atoms with Crippen molar-refractivity contribution in [2.24, 2.45) is 0 Å². The summed E-state index contributed by atoms with van der Waals surface area (Å²) >= 11 is 0. The van der Waals surface area contributed by atoms with Crippen LogP contribution in [0.3, 0.4) is 0 Å². The lowest BCUT2D eigenvalue weighted by Gasteiger charge is -2.13. The maximum atomic E-state index is 11.6. The normalized spacial score (nSPS) is 15.1. The quantitative estimate of drug-likeness (QED) is 0.608. The highest BCUT2D eigenvalue weighted by Gasteiger charge is 2.11. The lowest BCUT2D eigenvalue weighted by molar-refractivity contribution is 0.0491. The van der Waals surface area contributed by atoms with Gasteiger partial charge < -0.3 is 9.64 Å². The van der Waals surface area contributed by atoms with Crippen molar-refractivity contribution in [3.8, 4) is 0 Å². The Labute approximate surface area is 115 Å². The molecule has 0 radical (unpaired) electrons. The lowest BCUT2D eigenvalue weighted by Crippen LogP contribution is -2.22. The second kappa shape index (κ2) is 8.11. The molecule has 1 saturated heterocycles. The molecular formula is C14H20ClNO2. The van der Waals surface area contributed by atoms with E-state index in [9.17, 15) is 4.79 Å². The second-order valence-electron chi connectivity index (χ2n) is 4.40. The van der Waals surface area contributed by atoms with Crippen LogP contribution in [0.2, 0.25) is 0 Å². The van der Waals surface area contributed by atoms with Crippen LogP contribution in [0.25, 0.3) is 0 Å². The van der Waals surface area contributed by atoms with E-state index >= 15 is 0 Å². The van der Waals surface area contributed by atoms with E-state index in [0.29, 0.717) is 12.2 Å². The van der Waals surface area contributed by atoms with Gasteiger partial charge in [-0.25, -0.2) is 4.79 Å². The maximum Gasteiger partial charge on any atom is 0.338 e. The topological polar surface area (TPSA) is 29.5 Å². The first-order valence-corrected chi connectivity index (χ1v) is 6.31. The fourth-order valence-corrected chi connectivity index (χ4v) is 2.12. The van der Waals surface area contributed by atoms with Crippen molar-refractivity contribution in [3.63, 3.8) is 0 Å². The Balaban J connectivity index is 0.00000162. The van der Waals surface area contributed by atoms with Crippen molar-refractivity contribution >= 4 is 18.4 Å². The summed E-state index contributed by atoms with van der Waals surface area (Å²) in [5, 5.41) is 0. The molecule has 100 valence electrons. The number of rotatable bonds is 5. The molecular weight excluding hydrogens is 250 g/mol. The fraction of sp³-hybridized carbons (Fsp3) is 0.500. The van der Waals surface area contributed by atoms with Crippen LogP contribution in [0.4, 0.5) is 0 Å². The summed E-state index contributed by atoms with van der Waals surface area (Å²) in [7, 11) is 0. The second-order valence-corrected chi connectivity index (χ2v) is 4.40. The van der Waals surface area contributed by atoms with Crippen LogP contribution in [0.1, 0.15) is 29.6 Å². The summed E-state index contributed by atoms with van der Waals surface area (Å²) in [5.41, 5.74) is 0.633. The predicted molar refractivity (Wildman–Crippen MR) is 74.3 cm³/mol. The Morgan fingerprint density at radius 2 is 1.83 bits per heavy atom. The summed E-state index contributed by atoms with van der Waals surface area (Å²) in [6, 6.07) is 9.15. The molecule has 0 bridgehead atoms. The molecule has 0 aromatic heterocycles. The zero-order valence-corrected chi connectivity index (χ0v) is 11.3. The third kappa shape index (κ3) is 4.67. The summed E-state index contributed by atoms with van der Waals surface area (Å²) in [4.78, 5) is 14.0. The molecule has 0 saturated carbocycles. The molecule has 1 fully saturated rings. The summed E-state index contributed by atoms with van der Waals surface area (Å²) in [6.07, 6.45) is 3.55. The molecule has 3 nitrogen and oxygen atoms in total. The number of hydrogen-bond donors (Lipinski definition) is 0. The number of esters is 1. The van der Waals surface area contributed by atoms with Gasteiger partial charge in [-0.05, 0) is 44.5 Å². The Kier molecular flexibility index (Phi) is 6.76. The van der Waals surface area contributed by atoms with Gasteiger partial charge >= 0.3 is 5.97 Å². The average molecular weight is 270 g/mol. The van der Waals surface area contributed by atoms with Crippen LogP contribution >= 0.6 is 12.4 Å². The number of likely N-dealkylation sites (tertiary alicyclic amines) is 1. The monoisotopic (exact) mass is 269 g/mol. The minimum atomic E-state index is -0.216.